The van der Waals surface area contributed by atoms with Crippen LogP contribution in [0.3, 0.4) is 0 Å². The van der Waals surface area contributed by atoms with Crippen molar-refractivity contribution >= 4 is 39.1 Å². The summed E-state index contributed by atoms with van der Waals surface area (Å²) in [5.74, 6) is 0.0971. The lowest BCUT2D eigenvalue weighted by Gasteiger charge is -2.15. The summed E-state index contributed by atoms with van der Waals surface area (Å²) >= 11 is 11.9. The van der Waals surface area contributed by atoms with Gasteiger partial charge in [-0.3, -0.25) is 4.79 Å². The quantitative estimate of drug-likeness (QED) is 0.711. The molecule has 2 aromatic rings. The molecule has 1 aliphatic rings. The van der Waals surface area contributed by atoms with Gasteiger partial charge < -0.3 is 10.1 Å². The molecule has 0 bridgehead atoms. The molecule has 150 valence electrons. The molecular weight excluding hydrogens is 423 g/mol. The van der Waals surface area contributed by atoms with Crippen LogP contribution >= 0.6 is 23.2 Å². The average Bonchev–Trinajstić information content (AvgIpc) is 3.22. The zero-order valence-electron chi connectivity index (χ0n) is 15.0. The third-order valence-corrected chi connectivity index (χ3v) is 6.89. The summed E-state index contributed by atoms with van der Waals surface area (Å²) in [6, 6.07) is 11.1. The Bertz CT molecular complexity index is 943. The number of carbonyl (C=O) groups is 1. The third kappa shape index (κ3) is 5.17. The Balaban J connectivity index is 1.51. The predicted octanol–water partition coefficient (Wildman–Crippen LogP) is 3.47. The minimum atomic E-state index is -3.46. The van der Waals surface area contributed by atoms with Crippen molar-refractivity contribution < 1.29 is 17.9 Å². The van der Waals surface area contributed by atoms with E-state index < -0.39 is 10.0 Å². The number of nitrogens with zero attached hydrogens (tertiary/aromatic N) is 1. The maximum Gasteiger partial charge on any atom is 0.258 e. The molecule has 1 heterocycles. The summed E-state index contributed by atoms with van der Waals surface area (Å²) in [6.45, 7) is 1.17. The van der Waals surface area contributed by atoms with Gasteiger partial charge in [0, 0.05) is 29.7 Å². The van der Waals surface area contributed by atoms with Crippen molar-refractivity contribution in [2.24, 2.45) is 0 Å². The molecule has 1 N–H and O–H groups in total. The highest BCUT2D eigenvalue weighted by Crippen LogP contribution is 2.23. The van der Waals surface area contributed by atoms with Crippen LogP contribution < -0.4 is 10.1 Å². The zero-order valence-corrected chi connectivity index (χ0v) is 17.4. The Morgan fingerprint density at radius 2 is 1.75 bits per heavy atom. The molecule has 0 saturated carbocycles. The van der Waals surface area contributed by atoms with Gasteiger partial charge in [0.1, 0.15) is 5.75 Å². The second-order valence-corrected chi connectivity index (χ2v) is 9.17. The SMILES string of the molecule is O=C(COc1ccc(S(=O)(=O)N2CCCC2)cc1)NCc1ccc(Cl)cc1Cl. The number of hydrogen-bond donors (Lipinski definition) is 1. The predicted molar refractivity (Wildman–Crippen MR) is 108 cm³/mol. The van der Waals surface area contributed by atoms with Crippen LogP contribution in [0.4, 0.5) is 0 Å². The largest absolute Gasteiger partial charge is 0.484 e. The fourth-order valence-electron chi connectivity index (χ4n) is 2.84. The molecule has 1 amide bonds. The van der Waals surface area contributed by atoms with Crippen LogP contribution in [0.2, 0.25) is 10.0 Å². The smallest absolute Gasteiger partial charge is 0.258 e. The molecule has 0 atom stereocenters. The second-order valence-electron chi connectivity index (χ2n) is 6.38. The van der Waals surface area contributed by atoms with Crippen molar-refractivity contribution in [1.29, 1.82) is 0 Å². The Labute approximate surface area is 174 Å². The number of amides is 1. The standard InChI is InChI=1S/C19H20Cl2N2O4S/c20-15-4-3-14(18(21)11-15)12-22-19(24)13-27-16-5-7-17(8-6-16)28(25,26)23-9-1-2-10-23/h3-8,11H,1-2,9-10,12-13H2,(H,22,24). The Kier molecular flexibility index (Phi) is 6.82. The van der Waals surface area contributed by atoms with Gasteiger partial charge in [0.05, 0.1) is 4.90 Å². The monoisotopic (exact) mass is 442 g/mol. The van der Waals surface area contributed by atoms with Gasteiger partial charge in [-0.05, 0) is 54.8 Å². The molecule has 0 spiro atoms. The van der Waals surface area contributed by atoms with Crippen molar-refractivity contribution in [3.8, 4) is 5.75 Å². The van der Waals surface area contributed by atoms with E-state index >= 15 is 0 Å². The molecule has 0 unspecified atom stereocenters. The number of carbonyl (C=O) groups excluding carboxylic acids is 1. The molecule has 0 radical (unpaired) electrons. The molecule has 0 aromatic heterocycles. The number of halogens is 2. The lowest BCUT2D eigenvalue weighted by Crippen LogP contribution is -2.28. The van der Waals surface area contributed by atoms with Crippen LogP contribution in [0, 0.1) is 0 Å². The molecule has 3 rings (SSSR count). The van der Waals surface area contributed by atoms with Gasteiger partial charge in [-0.25, -0.2) is 8.42 Å². The molecular formula is C19H20Cl2N2O4S. The van der Waals surface area contributed by atoms with E-state index in [1.54, 1.807) is 30.3 Å². The molecule has 1 aliphatic heterocycles. The Morgan fingerprint density at radius 3 is 2.39 bits per heavy atom. The van der Waals surface area contributed by atoms with E-state index in [0.29, 0.717) is 28.9 Å². The van der Waals surface area contributed by atoms with E-state index in [1.807, 2.05) is 0 Å². The number of rotatable bonds is 7. The van der Waals surface area contributed by atoms with Gasteiger partial charge in [0.2, 0.25) is 10.0 Å². The van der Waals surface area contributed by atoms with Gasteiger partial charge in [-0.2, -0.15) is 4.31 Å². The maximum absolute atomic E-state index is 12.5. The van der Waals surface area contributed by atoms with Crippen LogP contribution in [0.5, 0.6) is 5.75 Å². The Hall–Kier alpha value is -1.80. The van der Waals surface area contributed by atoms with Gasteiger partial charge in [-0.15, -0.1) is 0 Å². The number of sulfonamides is 1. The first kappa shape index (κ1) is 20.9. The van der Waals surface area contributed by atoms with Crippen molar-refractivity contribution in [3.63, 3.8) is 0 Å². The lowest BCUT2D eigenvalue weighted by molar-refractivity contribution is -0.123. The van der Waals surface area contributed by atoms with Gasteiger partial charge in [0.25, 0.3) is 5.91 Å². The first-order valence-corrected chi connectivity index (χ1v) is 11.0. The van der Waals surface area contributed by atoms with E-state index in [1.165, 1.54) is 16.4 Å². The molecule has 9 heteroatoms. The number of nitrogens with one attached hydrogen (secondary N) is 1. The highest BCUT2D eigenvalue weighted by Gasteiger charge is 2.26. The first-order valence-electron chi connectivity index (χ1n) is 8.80. The van der Waals surface area contributed by atoms with Gasteiger partial charge >= 0.3 is 0 Å². The number of benzene rings is 2. The second kappa shape index (κ2) is 9.13. The molecule has 2 aromatic carbocycles. The highest BCUT2D eigenvalue weighted by atomic mass is 35.5. The topological polar surface area (TPSA) is 75.7 Å². The molecule has 1 fully saturated rings. The normalized spacial score (nSPS) is 14.8. The summed E-state index contributed by atoms with van der Waals surface area (Å²) in [5.41, 5.74) is 0.746. The van der Waals surface area contributed by atoms with Crippen molar-refractivity contribution in [2.75, 3.05) is 19.7 Å². The minimum Gasteiger partial charge on any atom is -0.484 e. The van der Waals surface area contributed by atoms with E-state index in [9.17, 15) is 13.2 Å². The van der Waals surface area contributed by atoms with E-state index in [0.717, 1.165) is 18.4 Å². The van der Waals surface area contributed by atoms with Crippen molar-refractivity contribution in [2.45, 2.75) is 24.3 Å². The van der Waals surface area contributed by atoms with Crippen LogP contribution in [0.25, 0.3) is 0 Å². The van der Waals surface area contributed by atoms with Crippen LogP contribution in [-0.2, 0) is 21.4 Å². The molecule has 0 aliphatic carbocycles. The van der Waals surface area contributed by atoms with Crippen molar-refractivity contribution in [3.05, 3.63) is 58.1 Å². The average molecular weight is 443 g/mol. The first-order chi connectivity index (χ1) is 13.4. The van der Waals surface area contributed by atoms with Gasteiger partial charge in [-0.1, -0.05) is 29.3 Å². The molecule has 6 nitrogen and oxygen atoms in total. The number of ether oxygens (including phenoxy) is 1. The fourth-order valence-corrected chi connectivity index (χ4v) is 4.84. The van der Waals surface area contributed by atoms with E-state index in [4.69, 9.17) is 27.9 Å². The van der Waals surface area contributed by atoms with E-state index in [-0.39, 0.29) is 24.0 Å². The van der Waals surface area contributed by atoms with Crippen LogP contribution in [-0.4, -0.2) is 38.3 Å². The summed E-state index contributed by atoms with van der Waals surface area (Å²) in [5, 5.41) is 3.71. The van der Waals surface area contributed by atoms with E-state index in [2.05, 4.69) is 5.32 Å². The van der Waals surface area contributed by atoms with Gasteiger partial charge in [0.15, 0.2) is 6.61 Å². The van der Waals surface area contributed by atoms with Crippen LogP contribution in [0.15, 0.2) is 47.4 Å². The van der Waals surface area contributed by atoms with Crippen LogP contribution in [0.1, 0.15) is 18.4 Å². The highest BCUT2D eigenvalue weighted by molar-refractivity contribution is 7.89. The lowest BCUT2D eigenvalue weighted by atomic mass is 10.2. The van der Waals surface area contributed by atoms with Crippen molar-refractivity contribution in [1.82, 2.24) is 9.62 Å². The Morgan fingerprint density at radius 1 is 1.07 bits per heavy atom. The summed E-state index contributed by atoms with van der Waals surface area (Å²) in [4.78, 5) is 12.2. The summed E-state index contributed by atoms with van der Waals surface area (Å²) < 4.78 is 31.9. The molecule has 28 heavy (non-hydrogen) atoms. The summed E-state index contributed by atoms with van der Waals surface area (Å²) in [7, 11) is -3.46. The number of hydrogen-bond acceptors (Lipinski definition) is 4. The third-order valence-electron chi connectivity index (χ3n) is 4.39. The maximum atomic E-state index is 12.5. The molecule has 1 saturated heterocycles. The summed E-state index contributed by atoms with van der Waals surface area (Å²) in [6.07, 6.45) is 1.77. The minimum absolute atomic E-state index is 0.191. The fraction of sp³-hybridized carbons (Fsp3) is 0.316. The zero-order chi connectivity index (χ0) is 20.1.